The molecule has 27 heavy (non-hydrogen) atoms. The monoisotopic (exact) mass is 386 g/mol. The van der Waals surface area contributed by atoms with E-state index in [-0.39, 0.29) is 5.92 Å². The number of halogens is 1. The molecule has 1 aliphatic carbocycles. The molecule has 0 spiro atoms. The van der Waals surface area contributed by atoms with Gasteiger partial charge in [-0.15, -0.1) is 0 Å². The van der Waals surface area contributed by atoms with E-state index in [9.17, 15) is 4.79 Å². The standard InChI is InChI=1S/C21H27ClN4O/c1-3-26-14-17(15(2)23-26)13-24-8-10-25(11-9-24)21(27)20-12-19(20)16-4-6-18(22)7-5-16/h4-7,14,19-20H,3,8-13H2,1-2H3. The number of amides is 1. The smallest absolute Gasteiger partial charge is 0.226 e. The number of rotatable bonds is 5. The fourth-order valence-corrected chi connectivity index (χ4v) is 4.15. The van der Waals surface area contributed by atoms with Crippen molar-refractivity contribution >= 4 is 17.5 Å². The molecule has 144 valence electrons. The maximum atomic E-state index is 12.8. The lowest BCUT2D eigenvalue weighted by Crippen LogP contribution is -2.48. The summed E-state index contributed by atoms with van der Waals surface area (Å²) in [5, 5.41) is 5.28. The van der Waals surface area contributed by atoms with E-state index in [1.165, 1.54) is 11.1 Å². The molecule has 6 heteroatoms. The Morgan fingerprint density at radius 3 is 2.52 bits per heavy atom. The molecule has 2 unspecified atom stereocenters. The number of hydrogen-bond acceptors (Lipinski definition) is 3. The van der Waals surface area contributed by atoms with Gasteiger partial charge in [-0.2, -0.15) is 5.10 Å². The van der Waals surface area contributed by atoms with Gasteiger partial charge < -0.3 is 4.90 Å². The van der Waals surface area contributed by atoms with Crippen LogP contribution in [0.25, 0.3) is 0 Å². The molecule has 1 amide bonds. The minimum Gasteiger partial charge on any atom is -0.340 e. The highest BCUT2D eigenvalue weighted by Gasteiger charge is 2.46. The molecule has 1 aromatic heterocycles. The van der Waals surface area contributed by atoms with E-state index in [1.54, 1.807) is 0 Å². The van der Waals surface area contributed by atoms with Gasteiger partial charge in [0.25, 0.3) is 0 Å². The van der Waals surface area contributed by atoms with E-state index in [1.807, 2.05) is 16.8 Å². The topological polar surface area (TPSA) is 41.4 Å². The van der Waals surface area contributed by atoms with Gasteiger partial charge in [-0.25, -0.2) is 0 Å². The van der Waals surface area contributed by atoms with Crippen LogP contribution in [-0.2, 0) is 17.9 Å². The van der Waals surface area contributed by atoms with E-state index in [0.29, 0.717) is 11.8 Å². The van der Waals surface area contributed by atoms with Crippen molar-refractivity contribution in [1.29, 1.82) is 0 Å². The number of benzene rings is 1. The molecule has 4 rings (SSSR count). The number of nitrogens with zero attached hydrogens (tertiary/aromatic N) is 4. The molecule has 1 aromatic carbocycles. The minimum atomic E-state index is 0.155. The van der Waals surface area contributed by atoms with E-state index >= 15 is 0 Å². The van der Waals surface area contributed by atoms with Crippen LogP contribution in [0.1, 0.15) is 36.1 Å². The van der Waals surface area contributed by atoms with Gasteiger partial charge in [0.1, 0.15) is 0 Å². The van der Waals surface area contributed by atoms with Gasteiger partial charge in [0.15, 0.2) is 0 Å². The molecule has 2 heterocycles. The van der Waals surface area contributed by atoms with Crippen molar-refractivity contribution in [3.8, 4) is 0 Å². The third kappa shape index (κ3) is 4.04. The Bertz CT molecular complexity index is 808. The molecule has 5 nitrogen and oxygen atoms in total. The second-order valence-corrected chi connectivity index (χ2v) is 8.13. The fourth-order valence-electron chi connectivity index (χ4n) is 4.02. The molecule has 1 saturated heterocycles. The summed E-state index contributed by atoms with van der Waals surface area (Å²) in [6.45, 7) is 9.51. The predicted molar refractivity (Wildman–Crippen MR) is 107 cm³/mol. The zero-order valence-electron chi connectivity index (χ0n) is 16.1. The zero-order valence-corrected chi connectivity index (χ0v) is 16.8. The Kier molecular flexibility index (Phi) is 5.24. The molecule has 2 aromatic rings. The average Bonchev–Trinajstić information content (AvgIpc) is 3.40. The average molecular weight is 387 g/mol. The van der Waals surface area contributed by atoms with Crippen molar-refractivity contribution in [2.24, 2.45) is 5.92 Å². The fraction of sp³-hybridized carbons (Fsp3) is 0.524. The number of hydrogen-bond donors (Lipinski definition) is 0. The molecule has 2 atom stereocenters. The molecule has 0 N–H and O–H groups in total. The second kappa shape index (κ2) is 7.64. The molecule has 0 bridgehead atoms. The van der Waals surface area contributed by atoms with Crippen molar-refractivity contribution in [2.75, 3.05) is 26.2 Å². The SMILES string of the molecule is CCn1cc(CN2CCN(C(=O)C3CC3c3ccc(Cl)cc3)CC2)c(C)n1. The Morgan fingerprint density at radius 2 is 1.89 bits per heavy atom. The molecular weight excluding hydrogens is 360 g/mol. The molecule has 2 aliphatic rings. The summed E-state index contributed by atoms with van der Waals surface area (Å²) in [6.07, 6.45) is 3.11. The quantitative estimate of drug-likeness (QED) is 0.791. The highest BCUT2D eigenvalue weighted by atomic mass is 35.5. The number of carbonyl (C=O) groups is 1. The van der Waals surface area contributed by atoms with E-state index < -0.39 is 0 Å². The normalized spacial score (nSPS) is 22.9. The number of carbonyl (C=O) groups excluding carboxylic acids is 1. The first-order valence-corrected chi connectivity index (χ1v) is 10.2. The highest BCUT2D eigenvalue weighted by molar-refractivity contribution is 6.30. The van der Waals surface area contributed by atoms with Crippen molar-refractivity contribution in [3.05, 3.63) is 52.3 Å². The van der Waals surface area contributed by atoms with Crippen molar-refractivity contribution in [3.63, 3.8) is 0 Å². The third-order valence-corrected chi connectivity index (χ3v) is 6.11. The maximum absolute atomic E-state index is 12.8. The number of piperazine rings is 1. The third-order valence-electron chi connectivity index (χ3n) is 5.86. The van der Waals surface area contributed by atoms with Crippen LogP contribution in [0.3, 0.4) is 0 Å². The van der Waals surface area contributed by atoms with Crippen LogP contribution in [0, 0.1) is 12.8 Å². The van der Waals surface area contributed by atoms with Crippen LogP contribution in [0.5, 0.6) is 0 Å². The first kappa shape index (κ1) is 18.5. The summed E-state index contributed by atoms with van der Waals surface area (Å²) in [5.74, 6) is 0.850. The molecule has 1 saturated carbocycles. The van der Waals surface area contributed by atoms with E-state index in [2.05, 4.69) is 47.1 Å². The summed E-state index contributed by atoms with van der Waals surface area (Å²) in [4.78, 5) is 17.3. The zero-order chi connectivity index (χ0) is 19.0. The Balaban J connectivity index is 1.28. The molecule has 0 radical (unpaired) electrons. The lowest BCUT2D eigenvalue weighted by Gasteiger charge is -2.34. The minimum absolute atomic E-state index is 0.155. The Morgan fingerprint density at radius 1 is 1.19 bits per heavy atom. The Labute approximate surface area is 165 Å². The maximum Gasteiger partial charge on any atom is 0.226 e. The van der Waals surface area contributed by atoms with Gasteiger partial charge in [-0.05, 0) is 43.9 Å². The second-order valence-electron chi connectivity index (χ2n) is 7.70. The molecule has 2 fully saturated rings. The number of aryl methyl sites for hydroxylation is 2. The van der Waals surface area contributed by atoms with Gasteiger partial charge in [0.05, 0.1) is 5.69 Å². The van der Waals surface area contributed by atoms with Crippen molar-refractivity contribution in [2.45, 2.75) is 39.3 Å². The van der Waals surface area contributed by atoms with Crippen molar-refractivity contribution in [1.82, 2.24) is 19.6 Å². The lowest BCUT2D eigenvalue weighted by atomic mass is 10.1. The number of aromatic nitrogens is 2. The van der Waals surface area contributed by atoms with E-state index in [4.69, 9.17) is 11.6 Å². The van der Waals surface area contributed by atoms with Gasteiger partial charge in [-0.3, -0.25) is 14.4 Å². The summed E-state index contributed by atoms with van der Waals surface area (Å²) >= 11 is 5.96. The van der Waals surface area contributed by atoms with Crippen molar-refractivity contribution < 1.29 is 4.79 Å². The predicted octanol–water partition coefficient (Wildman–Crippen LogP) is 3.31. The van der Waals surface area contributed by atoms with Gasteiger partial charge in [0.2, 0.25) is 5.91 Å². The van der Waals surface area contributed by atoms with Crippen LogP contribution in [0.4, 0.5) is 0 Å². The summed E-state index contributed by atoms with van der Waals surface area (Å²) in [7, 11) is 0. The first-order valence-electron chi connectivity index (χ1n) is 9.84. The molecule has 1 aliphatic heterocycles. The van der Waals surface area contributed by atoms with Gasteiger partial charge in [-0.1, -0.05) is 23.7 Å². The van der Waals surface area contributed by atoms with Crippen LogP contribution in [-0.4, -0.2) is 51.7 Å². The van der Waals surface area contributed by atoms with E-state index in [0.717, 1.165) is 56.4 Å². The highest BCUT2D eigenvalue weighted by Crippen LogP contribution is 2.48. The largest absolute Gasteiger partial charge is 0.340 e. The summed E-state index contributed by atoms with van der Waals surface area (Å²) < 4.78 is 1.99. The van der Waals surface area contributed by atoms with Crippen LogP contribution < -0.4 is 0 Å². The van der Waals surface area contributed by atoms with Gasteiger partial charge in [0, 0.05) is 62.0 Å². The molecular formula is C21H27ClN4O. The van der Waals surface area contributed by atoms with Crippen LogP contribution in [0.15, 0.2) is 30.5 Å². The van der Waals surface area contributed by atoms with Gasteiger partial charge >= 0.3 is 0 Å². The van der Waals surface area contributed by atoms with Crippen LogP contribution in [0.2, 0.25) is 5.02 Å². The summed E-state index contributed by atoms with van der Waals surface area (Å²) in [6, 6.07) is 7.93. The Hall–Kier alpha value is -1.85. The first-order chi connectivity index (χ1) is 13.0. The summed E-state index contributed by atoms with van der Waals surface area (Å²) in [5.41, 5.74) is 3.64. The lowest BCUT2D eigenvalue weighted by molar-refractivity contribution is -0.134. The van der Waals surface area contributed by atoms with Crippen LogP contribution >= 0.6 is 11.6 Å².